The van der Waals surface area contributed by atoms with E-state index in [4.69, 9.17) is 0 Å². The Morgan fingerprint density at radius 3 is 2.58 bits per heavy atom. The molecule has 2 aromatic rings. The van der Waals surface area contributed by atoms with E-state index < -0.39 is 6.03 Å². The summed E-state index contributed by atoms with van der Waals surface area (Å²) < 4.78 is 0. The van der Waals surface area contributed by atoms with Gasteiger partial charge in [-0.15, -0.1) is 0 Å². The molecule has 0 aliphatic carbocycles. The van der Waals surface area contributed by atoms with Crippen molar-refractivity contribution < 1.29 is 4.79 Å². The van der Waals surface area contributed by atoms with Crippen molar-refractivity contribution in [3.05, 3.63) is 54.1 Å². The van der Waals surface area contributed by atoms with E-state index in [2.05, 4.69) is 25.8 Å². The average Bonchev–Trinajstić information content (AvgIpc) is 2.42. The molecular weight excluding hydrogens is 242 g/mol. The summed E-state index contributed by atoms with van der Waals surface area (Å²) in [6.07, 6.45) is 4.73. The fourth-order valence-electron chi connectivity index (χ4n) is 1.32. The summed E-state index contributed by atoms with van der Waals surface area (Å²) in [5, 5.41) is 6.44. The first-order valence-corrected chi connectivity index (χ1v) is 5.68. The molecule has 0 saturated carbocycles. The zero-order valence-electron chi connectivity index (χ0n) is 10.4. The van der Waals surface area contributed by atoms with E-state index in [1.54, 1.807) is 31.5 Å². The molecule has 2 amide bonds. The molecule has 6 nitrogen and oxygen atoms in total. The highest BCUT2D eigenvalue weighted by molar-refractivity contribution is 5.90. The number of rotatable bonds is 3. The van der Waals surface area contributed by atoms with Crippen molar-refractivity contribution in [2.75, 3.05) is 5.32 Å². The molecule has 0 saturated heterocycles. The first kappa shape index (κ1) is 12.7. The quantitative estimate of drug-likeness (QED) is 0.649. The van der Waals surface area contributed by atoms with Gasteiger partial charge in [-0.1, -0.05) is 18.2 Å². The number of nitrogens with zero attached hydrogens (tertiary/aromatic N) is 3. The number of carbonyl (C=O) groups is 1. The lowest BCUT2D eigenvalue weighted by molar-refractivity contribution is 0.252. The molecule has 0 atom stereocenters. The van der Waals surface area contributed by atoms with Crippen LogP contribution in [-0.4, -0.2) is 22.2 Å². The van der Waals surface area contributed by atoms with Crippen molar-refractivity contribution in [2.24, 2.45) is 5.10 Å². The van der Waals surface area contributed by atoms with Crippen LogP contribution in [0.4, 0.5) is 10.5 Å². The van der Waals surface area contributed by atoms with Crippen molar-refractivity contribution in [3.63, 3.8) is 0 Å². The summed E-state index contributed by atoms with van der Waals surface area (Å²) in [5.74, 6) is 0.687. The van der Waals surface area contributed by atoms with E-state index in [9.17, 15) is 4.79 Å². The second-order valence-electron chi connectivity index (χ2n) is 3.75. The zero-order chi connectivity index (χ0) is 13.5. The molecule has 0 aliphatic rings. The largest absolute Gasteiger partial charge is 0.339 e. The summed E-state index contributed by atoms with van der Waals surface area (Å²) in [4.78, 5) is 19.5. The van der Waals surface area contributed by atoms with E-state index in [0.717, 1.165) is 0 Å². The van der Waals surface area contributed by atoms with Crippen LogP contribution in [-0.2, 0) is 0 Å². The number of para-hydroxylation sites is 1. The Hall–Kier alpha value is -2.76. The fourth-order valence-corrected chi connectivity index (χ4v) is 1.32. The summed E-state index contributed by atoms with van der Waals surface area (Å²) in [6, 6.07) is 8.72. The molecule has 6 heteroatoms. The summed E-state index contributed by atoms with van der Waals surface area (Å²) >= 11 is 0. The molecule has 96 valence electrons. The SMILES string of the molecule is Cc1ncc(/C=N/NC(=O)Nc2ccccc2)cn1. The van der Waals surface area contributed by atoms with Crippen LogP contribution in [0.5, 0.6) is 0 Å². The van der Waals surface area contributed by atoms with E-state index in [0.29, 0.717) is 17.1 Å². The molecule has 0 unspecified atom stereocenters. The topological polar surface area (TPSA) is 79.3 Å². The molecule has 1 aromatic carbocycles. The zero-order valence-corrected chi connectivity index (χ0v) is 10.4. The maximum atomic E-state index is 11.5. The van der Waals surface area contributed by atoms with Crippen molar-refractivity contribution in [2.45, 2.75) is 6.92 Å². The van der Waals surface area contributed by atoms with Gasteiger partial charge < -0.3 is 5.32 Å². The predicted octanol–water partition coefficient (Wildman–Crippen LogP) is 1.94. The van der Waals surface area contributed by atoms with Gasteiger partial charge in [0.25, 0.3) is 0 Å². The molecular formula is C13H13N5O. The van der Waals surface area contributed by atoms with E-state index >= 15 is 0 Å². The number of nitrogens with one attached hydrogen (secondary N) is 2. The third-order valence-corrected chi connectivity index (χ3v) is 2.21. The van der Waals surface area contributed by atoms with Crippen LogP contribution in [0.2, 0.25) is 0 Å². The minimum atomic E-state index is -0.407. The summed E-state index contributed by atoms with van der Waals surface area (Å²) in [5.41, 5.74) is 3.77. The third-order valence-electron chi connectivity index (χ3n) is 2.21. The van der Waals surface area contributed by atoms with Crippen LogP contribution in [0, 0.1) is 6.92 Å². The second kappa shape index (κ2) is 6.25. The van der Waals surface area contributed by atoms with Gasteiger partial charge in [0.1, 0.15) is 5.82 Å². The molecule has 1 heterocycles. The number of hydrogen-bond donors (Lipinski definition) is 2. The highest BCUT2D eigenvalue weighted by Crippen LogP contribution is 2.03. The number of benzene rings is 1. The lowest BCUT2D eigenvalue weighted by Crippen LogP contribution is -2.24. The number of urea groups is 1. The van der Waals surface area contributed by atoms with Gasteiger partial charge in [0.2, 0.25) is 0 Å². The lowest BCUT2D eigenvalue weighted by atomic mass is 10.3. The van der Waals surface area contributed by atoms with Gasteiger partial charge in [-0.3, -0.25) is 0 Å². The fraction of sp³-hybridized carbons (Fsp3) is 0.0769. The Morgan fingerprint density at radius 1 is 1.21 bits per heavy atom. The predicted molar refractivity (Wildman–Crippen MR) is 73.0 cm³/mol. The smallest absolute Gasteiger partial charge is 0.307 e. The normalized spacial score (nSPS) is 10.4. The number of anilines is 1. The molecule has 0 radical (unpaired) electrons. The first-order chi connectivity index (χ1) is 9.24. The van der Waals surface area contributed by atoms with Crippen LogP contribution in [0.1, 0.15) is 11.4 Å². The molecule has 0 aliphatic heterocycles. The minimum absolute atomic E-state index is 0.407. The van der Waals surface area contributed by atoms with Crippen molar-refractivity contribution in [1.29, 1.82) is 0 Å². The Balaban J connectivity index is 1.85. The van der Waals surface area contributed by atoms with Gasteiger partial charge in [-0.05, 0) is 19.1 Å². The molecule has 2 rings (SSSR count). The van der Waals surface area contributed by atoms with E-state index in [1.807, 2.05) is 18.2 Å². The molecule has 0 spiro atoms. The van der Waals surface area contributed by atoms with Gasteiger partial charge in [0.15, 0.2) is 0 Å². The Kier molecular flexibility index (Phi) is 4.17. The molecule has 0 bridgehead atoms. The van der Waals surface area contributed by atoms with Crippen molar-refractivity contribution >= 4 is 17.9 Å². The van der Waals surface area contributed by atoms with Gasteiger partial charge >= 0.3 is 6.03 Å². The number of hydrogen-bond acceptors (Lipinski definition) is 4. The molecule has 1 aromatic heterocycles. The van der Waals surface area contributed by atoms with Gasteiger partial charge in [0.05, 0.1) is 6.21 Å². The standard InChI is InChI=1S/C13H13N5O/c1-10-14-7-11(8-15-10)9-16-18-13(19)17-12-5-3-2-4-6-12/h2-9H,1H3,(H2,17,18,19)/b16-9+. The second-order valence-corrected chi connectivity index (χ2v) is 3.75. The third kappa shape index (κ3) is 4.19. The van der Waals surface area contributed by atoms with Crippen LogP contribution in [0.15, 0.2) is 47.8 Å². The van der Waals surface area contributed by atoms with E-state index in [-0.39, 0.29) is 0 Å². The Bertz CT molecular complexity index is 565. The van der Waals surface area contributed by atoms with Crippen molar-refractivity contribution in [1.82, 2.24) is 15.4 Å². The summed E-state index contributed by atoms with van der Waals surface area (Å²) in [7, 11) is 0. The number of amides is 2. The van der Waals surface area contributed by atoms with Crippen LogP contribution < -0.4 is 10.7 Å². The number of aryl methyl sites for hydroxylation is 1. The monoisotopic (exact) mass is 255 g/mol. The lowest BCUT2D eigenvalue weighted by Gasteiger charge is -2.02. The maximum Gasteiger partial charge on any atom is 0.339 e. The average molecular weight is 255 g/mol. The number of carbonyl (C=O) groups excluding carboxylic acids is 1. The minimum Gasteiger partial charge on any atom is -0.307 e. The van der Waals surface area contributed by atoms with Crippen LogP contribution in [0.25, 0.3) is 0 Å². The summed E-state index contributed by atoms with van der Waals surface area (Å²) in [6.45, 7) is 1.80. The highest BCUT2D eigenvalue weighted by atomic mass is 16.2. The molecule has 19 heavy (non-hydrogen) atoms. The highest BCUT2D eigenvalue weighted by Gasteiger charge is 1.98. The first-order valence-electron chi connectivity index (χ1n) is 5.68. The van der Waals surface area contributed by atoms with Gasteiger partial charge in [-0.25, -0.2) is 20.2 Å². The molecule has 0 fully saturated rings. The molecule has 2 N–H and O–H groups in total. The Morgan fingerprint density at radius 2 is 1.89 bits per heavy atom. The Labute approximate surface area is 110 Å². The van der Waals surface area contributed by atoms with Gasteiger partial charge in [0, 0.05) is 23.6 Å². The maximum absolute atomic E-state index is 11.5. The van der Waals surface area contributed by atoms with Crippen LogP contribution >= 0.6 is 0 Å². The van der Waals surface area contributed by atoms with Crippen LogP contribution in [0.3, 0.4) is 0 Å². The van der Waals surface area contributed by atoms with Crippen molar-refractivity contribution in [3.8, 4) is 0 Å². The van der Waals surface area contributed by atoms with Gasteiger partial charge in [-0.2, -0.15) is 5.10 Å². The number of hydrazone groups is 1. The number of aromatic nitrogens is 2. The van der Waals surface area contributed by atoms with E-state index in [1.165, 1.54) is 6.21 Å².